The molecular formula is C12H14N2O4S. The standard InChI is InChI=1S/C12H14N2O4S/c1-3-4-7-14-19(16,17)11-6-5-9(13)8-10(11)12(15)18-2/h1,5-6,8,14H,4,7,13H2,2H3. The number of carbonyl (C=O) groups excluding carboxylic acids is 1. The zero-order valence-electron chi connectivity index (χ0n) is 10.3. The highest BCUT2D eigenvalue weighted by atomic mass is 32.2. The Morgan fingerprint density at radius 1 is 1.53 bits per heavy atom. The van der Waals surface area contributed by atoms with E-state index in [2.05, 4.69) is 15.4 Å². The van der Waals surface area contributed by atoms with Crippen LogP contribution in [0.25, 0.3) is 0 Å². The molecule has 0 bridgehead atoms. The smallest absolute Gasteiger partial charge is 0.339 e. The van der Waals surface area contributed by atoms with E-state index in [-0.39, 0.29) is 29.1 Å². The van der Waals surface area contributed by atoms with Crippen LogP contribution in [-0.4, -0.2) is 28.0 Å². The van der Waals surface area contributed by atoms with Crippen LogP contribution in [-0.2, 0) is 14.8 Å². The van der Waals surface area contributed by atoms with Crippen LogP contribution in [0.5, 0.6) is 0 Å². The van der Waals surface area contributed by atoms with Crippen LogP contribution in [0.4, 0.5) is 5.69 Å². The van der Waals surface area contributed by atoms with Crippen LogP contribution in [0, 0.1) is 12.3 Å². The molecule has 1 rings (SSSR count). The number of methoxy groups -OCH3 is 1. The highest BCUT2D eigenvalue weighted by Gasteiger charge is 2.22. The van der Waals surface area contributed by atoms with Crippen LogP contribution in [0.15, 0.2) is 23.1 Å². The first kappa shape index (κ1) is 15.0. The molecule has 0 radical (unpaired) electrons. The van der Waals surface area contributed by atoms with E-state index in [0.717, 1.165) is 7.11 Å². The monoisotopic (exact) mass is 282 g/mol. The number of terminal acetylenes is 1. The Morgan fingerprint density at radius 2 is 2.21 bits per heavy atom. The third kappa shape index (κ3) is 3.71. The van der Waals surface area contributed by atoms with Crippen LogP contribution in [0.2, 0.25) is 0 Å². The van der Waals surface area contributed by atoms with Gasteiger partial charge in [0.2, 0.25) is 10.0 Å². The van der Waals surface area contributed by atoms with Gasteiger partial charge in [0, 0.05) is 18.7 Å². The van der Waals surface area contributed by atoms with Crippen LogP contribution in [0.1, 0.15) is 16.8 Å². The molecule has 0 saturated carbocycles. The summed E-state index contributed by atoms with van der Waals surface area (Å²) in [6.45, 7) is 0.0871. The van der Waals surface area contributed by atoms with Crippen molar-refractivity contribution < 1.29 is 17.9 Å². The Balaban J connectivity index is 3.19. The van der Waals surface area contributed by atoms with Crippen molar-refractivity contribution in [3.05, 3.63) is 23.8 Å². The summed E-state index contributed by atoms with van der Waals surface area (Å²) in [6, 6.07) is 3.89. The normalized spacial score (nSPS) is 10.7. The van der Waals surface area contributed by atoms with E-state index < -0.39 is 16.0 Å². The van der Waals surface area contributed by atoms with Crippen molar-refractivity contribution in [1.82, 2.24) is 4.72 Å². The molecule has 1 aromatic carbocycles. The number of nitrogens with two attached hydrogens (primary N) is 1. The first-order valence-corrected chi connectivity index (χ1v) is 6.81. The molecule has 0 aliphatic heterocycles. The number of nitrogens with one attached hydrogen (secondary N) is 1. The second-order valence-corrected chi connectivity index (χ2v) is 5.33. The van der Waals surface area contributed by atoms with Gasteiger partial charge in [0.15, 0.2) is 0 Å². The summed E-state index contributed by atoms with van der Waals surface area (Å²) in [5, 5.41) is 0. The second kappa shape index (κ2) is 6.22. The van der Waals surface area contributed by atoms with Crippen molar-refractivity contribution in [2.24, 2.45) is 0 Å². The van der Waals surface area contributed by atoms with Crippen LogP contribution < -0.4 is 10.5 Å². The summed E-state index contributed by atoms with van der Waals surface area (Å²) in [5.41, 5.74) is 5.69. The molecule has 0 atom stereocenters. The predicted molar refractivity (Wildman–Crippen MR) is 70.8 cm³/mol. The SMILES string of the molecule is C#CCCNS(=O)(=O)c1ccc(N)cc1C(=O)OC. The number of sulfonamides is 1. The molecule has 0 aromatic heterocycles. The van der Waals surface area contributed by atoms with Crippen molar-refractivity contribution in [3.63, 3.8) is 0 Å². The summed E-state index contributed by atoms with van der Waals surface area (Å²) in [4.78, 5) is 11.4. The molecule has 19 heavy (non-hydrogen) atoms. The number of hydrogen-bond donors (Lipinski definition) is 2. The first-order valence-electron chi connectivity index (χ1n) is 5.33. The maximum Gasteiger partial charge on any atom is 0.339 e. The van der Waals surface area contributed by atoms with E-state index in [1.54, 1.807) is 0 Å². The lowest BCUT2D eigenvalue weighted by molar-refractivity contribution is 0.0596. The van der Waals surface area contributed by atoms with Crippen molar-refractivity contribution in [1.29, 1.82) is 0 Å². The lowest BCUT2D eigenvalue weighted by atomic mass is 10.2. The minimum Gasteiger partial charge on any atom is -0.465 e. The lowest BCUT2D eigenvalue weighted by Crippen LogP contribution is -2.26. The second-order valence-electron chi connectivity index (χ2n) is 3.60. The van der Waals surface area contributed by atoms with Crippen molar-refractivity contribution in [2.45, 2.75) is 11.3 Å². The van der Waals surface area contributed by atoms with E-state index in [1.165, 1.54) is 18.2 Å². The maximum atomic E-state index is 12.0. The Morgan fingerprint density at radius 3 is 2.79 bits per heavy atom. The van der Waals surface area contributed by atoms with Gasteiger partial charge in [0.05, 0.1) is 17.6 Å². The van der Waals surface area contributed by atoms with Gasteiger partial charge >= 0.3 is 5.97 Å². The number of hydrogen-bond acceptors (Lipinski definition) is 5. The highest BCUT2D eigenvalue weighted by molar-refractivity contribution is 7.89. The molecule has 0 heterocycles. The summed E-state index contributed by atoms with van der Waals surface area (Å²) in [6.07, 6.45) is 5.29. The van der Waals surface area contributed by atoms with Gasteiger partial charge in [0.25, 0.3) is 0 Å². The number of carbonyl (C=O) groups is 1. The fourth-order valence-electron chi connectivity index (χ4n) is 1.39. The zero-order valence-corrected chi connectivity index (χ0v) is 11.2. The van der Waals surface area contributed by atoms with E-state index in [1.807, 2.05) is 0 Å². The van der Waals surface area contributed by atoms with Gasteiger partial charge in [-0.05, 0) is 18.2 Å². The summed E-state index contributed by atoms with van der Waals surface area (Å²) in [5.74, 6) is 1.54. The molecule has 7 heteroatoms. The van der Waals surface area contributed by atoms with Gasteiger partial charge in [-0.1, -0.05) is 0 Å². The van der Waals surface area contributed by atoms with Gasteiger partial charge in [-0.3, -0.25) is 0 Å². The third-order valence-corrected chi connectivity index (χ3v) is 3.78. The van der Waals surface area contributed by atoms with Gasteiger partial charge < -0.3 is 10.5 Å². The predicted octanol–water partition coefficient (Wildman–Crippen LogP) is 0.357. The highest BCUT2D eigenvalue weighted by Crippen LogP contribution is 2.19. The fraction of sp³-hybridized carbons (Fsp3) is 0.250. The van der Waals surface area contributed by atoms with E-state index >= 15 is 0 Å². The minimum atomic E-state index is -3.84. The molecule has 3 N–H and O–H groups in total. The average molecular weight is 282 g/mol. The molecule has 0 fully saturated rings. The Kier molecular flexibility index (Phi) is 4.92. The topological polar surface area (TPSA) is 98.5 Å². The molecule has 0 saturated heterocycles. The number of rotatable bonds is 5. The summed E-state index contributed by atoms with van der Waals surface area (Å²) < 4.78 is 30.9. The molecule has 0 spiro atoms. The number of ether oxygens (including phenoxy) is 1. The van der Waals surface area contributed by atoms with Crippen molar-refractivity contribution >= 4 is 21.7 Å². The molecule has 0 aliphatic carbocycles. The molecule has 6 nitrogen and oxygen atoms in total. The zero-order chi connectivity index (χ0) is 14.5. The van der Waals surface area contributed by atoms with Crippen molar-refractivity contribution in [2.75, 3.05) is 19.4 Å². The fourth-order valence-corrected chi connectivity index (χ4v) is 2.59. The minimum absolute atomic E-state index is 0.0871. The molecular weight excluding hydrogens is 268 g/mol. The Bertz CT molecular complexity index is 617. The van der Waals surface area contributed by atoms with E-state index in [9.17, 15) is 13.2 Å². The molecule has 102 valence electrons. The number of esters is 1. The Hall–Kier alpha value is -2.04. The summed E-state index contributed by atoms with van der Waals surface area (Å²) in [7, 11) is -2.68. The maximum absolute atomic E-state index is 12.0. The lowest BCUT2D eigenvalue weighted by Gasteiger charge is -2.10. The quantitative estimate of drug-likeness (QED) is 0.351. The Labute approximate surface area is 112 Å². The van der Waals surface area contributed by atoms with Crippen LogP contribution in [0.3, 0.4) is 0 Å². The largest absolute Gasteiger partial charge is 0.465 e. The average Bonchev–Trinajstić information content (AvgIpc) is 2.37. The first-order chi connectivity index (χ1) is 8.92. The number of benzene rings is 1. The third-order valence-electron chi connectivity index (χ3n) is 2.26. The van der Waals surface area contributed by atoms with E-state index in [4.69, 9.17) is 12.2 Å². The molecule has 0 unspecified atom stereocenters. The van der Waals surface area contributed by atoms with Crippen molar-refractivity contribution in [3.8, 4) is 12.3 Å². The van der Waals surface area contributed by atoms with Gasteiger partial charge in [-0.25, -0.2) is 17.9 Å². The number of nitrogen functional groups attached to an aromatic ring is 1. The van der Waals surface area contributed by atoms with E-state index in [0.29, 0.717) is 0 Å². The van der Waals surface area contributed by atoms with Gasteiger partial charge in [-0.15, -0.1) is 12.3 Å². The molecule has 1 aromatic rings. The van der Waals surface area contributed by atoms with Gasteiger partial charge in [0.1, 0.15) is 0 Å². The molecule has 0 aliphatic rings. The summed E-state index contributed by atoms with van der Waals surface area (Å²) >= 11 is 0. The molecule has 0 amide bonds. The van der Waals surface area contributed by atoms with Crippen LogP contribution >= 0.6 is 0 Å². The van der Waals surface area contributed by atoms with Gasteiger partial charge in [-0.2, -0.15) is 0 Å². The number of anilines is 1.